The van der Waals surface area contributed by atoms with Crippen LogP contribution in [0.3, 0.4) is 0 Å². The number of sulfone groups is 1. The predicted molar refractivity (Wildman–Crippen MR) is 117 cm³/mol. The summed E-state index contributed by atoms with van der Waals surface area (Å²) in [6, 6.07) is 8.12. The maximum Gasteiger partial charge on any atom is 0.191 e. The Labute approximate surface area is 174 Å². The van der Waals surface area contributed by atoms with Gasteiger partial charge in [-0.3, -0.25) is 0 Å². The molecule has 0 saturated carbocycles. The fourth-order valence-corrected chi connectivity index (χ4v) is 4.20. The lowest BCUT2D eigenvalue weighted by Crippen LogP contribution is -2.53. The van der Waals surface area contributed by atoms with Crippen molar-refractivity contribution in [3.8, 4) is 0 Å². The SMILES string of the molecule is CCNC(=NCc1ccccc1C)NCC1(S(C)(=O)=O)CCOCC1.I. The van der Waals surface area contributed by atoms with Crippen LogP contribution in [0.25, 0.3) is 0 Å². The van der Waals surface area contributed by atoms with Gasteiger partial charge >= 0.3 is 0 Å². The van der Waals surface area contributed by atoms with Crippen LogP contribution in [0.2, 0.25) is 0 Å². The number of aliphatic imine (C=N–C) groups is 1. The normalized spacial score (nSPS) is 17.3. The summed E-state index contributed by atoms with van der Waals surface area (Å²) in [4.78, 5) is 4.61. The number of guanidine groups is 1. The molecule has 0 amide bonds. The van der Waals surface area contributed by atoms with E-state index in [0.717, 1.165) is 5.56 Å². The molecule has 0 bridgehead atoms. The van der Waals surface area contributed by atoms with Gasteiger partial charge in [0, 0.05) is 32.6 Å². The van der Waals surface area contributed by atoms with Crippen LogP contribution >= 0.6 is 24.0 Å². The molecular weight excluding hydrogens is 465 g/mol. The second-order valence-corrected chi connectivity index (χ2v) is 8.95. The lowest BCUT2D eigenvalue weighted by molar-refractivity contribution is 0.0756. The molecule has 148 valence electrons. The zero-order valence-corrected chi connectivity index (χ0v) is 18.9. The quantitative estimate of drug-likeness (QED) is 0.360. The summed E-state index contributed by atoms with van der Waals surface area (Å²) in [7, 11) is -3.20. The third-order valence-electron chi connectivity index (χ3n) is 4.78. The Kier molecular flexibility index (Phi) is 9.32. The minimum Gasteiger partial charge on any atom is -0.381 e. The monoisotopic (exact) mass is 495 g/mol. The molecule has 0 aromatic heterocycles. The number of benzene rings is 1. The summed E-state index contributed by atoms with van der Waals surface area (Å²) in [6.07, 6.45) is 2.34. The topological polar surface area (TPSA) is 79.8 Å². The number of nitrogens with zero attached hydrogens (tertiary/aromatic N) is 1. The van der Waals surface area contributed by atoms with E-state index in [1.165, 1.54) is 11.8 Å². The highest BCUT2D eigenvalue weighted by atomic mass is 127. The highest BCUT2D eigenvalue weighted by molar-refractivity contribution is 14.0. The Morgan fingerprint density at radius 2 is 1.88 bits per heavy atom. The van der Waals surface area contributed by atoms with Crippen molar-refractivity contribution < 1.29 is 13.2 Å². The fourth-order valence-electron chi connectivity index (χ4n) is 2.96. The summed E-state index contributed by atoms with van der Waals surface area (Å²) in [5.74, 6) is 0.639. The van der Waals surface area contributed by atoms with Gasteiger partial charge in [-0.25, -0.2) is 13.4 Å². The molecule has 6 nitrogen and oxygen atoms in total. The van der Waals surface area contributed by atoms with Crippen LogP contribution in [-0.2, 0) is 21.1 Å². The first-order valence-electron chi connectivity index (χ1n) is 8.72. The van der Waals surface area contributed by atoms with Crippen LogP contribution in [0.5, 0.6) is 0 Å². The first-order chi connectivity index (χ1) is 11.9. The van der Waals surface area contributed by atoms with Crippen molar-refractivity contribution in [1.82, 2.24) is 10.6 Å². The van der Waals surface area contributed by atoms with Gasteiger partial charge in [-0.1, -0.05) is 24.3 Å². The minimum absolute atomic E-state index is 0. The van der Waals surface area contributed by atoms with Gasteiger partial charge in [0.15, 0.2) is 15.8 Å². The van der Waals surface area contributed by atoms with Crippen LogP contribution in [0.1, 0.15) is 30.9 Å². The fraction of sp³-hybridized carbons (Fsp3) is 0.611. The third kappa shape index (κ3) is 6.09. The molecule has 0 atom stereocenters. The van der Waals surface area contributed by atoms with Crippen molar-refractivity contribution in [2.75, 3.05) is 32.6 Å². The highest BCUT2D eigenvalue weighted by Crippen LogP contribution is 2.28. The first-order valence-corrected chi connectivity index (χ1v) is 10.6. The standard InChI is InChI=1S/C18H29N3O3S.HI/c1-4-19-17(20-13-16-8-6-5-7-15(16)2)21-14-18(25(3,22)23)9-11-24-12-10-18;/h5-8H,4,9-14H2,1-3H3,(H2,19,20,21);1H. The lowest BCUT2D eigenvalue weighted by atomic mass is 9.99. The van der Waals surface area contributed by atoms with Crippen LogP contribution in [-0.4, -0.2) is 51.7 Å². The number of nitrogens with one attached hydrogen (secondary N) is 2. The van der Waals surface area contributed by atoms with E-state index in [4.69, 9.17) is 4.74 Å². The summed E-state index contributed by atoms with van der Waals surface area (Å²) >= 11 is 0. The van der Waals surface area contributed by atoms with Crippen LogP contribution in [0.4, 0.5) is 0 Å². The number of hydrogen-bond acceptors (Lipinski definition) is 4. The summed E-state index contributed by atoms with van der Waals surface area (Å²) in [5, 5.41) is 6.43. The van der Waals surface area contributed by atoms with Gasteiger partial charge in [-0.05, 0) is 37.8 Å². The highest BCUT2D eigenvalue weighted by Gasteiger charge is 2.42. The largest absolute Gasteiger partial charge is 0.381 e. The van der Waals surface area contributed by atoms with Crippen molar-refractivity contribution in [1.29, 1.82) is 0 Å². The van der Waals surface area contributed by atoms with E-state index >= 15 is 0 Å². The van der Waals surface area contributed by atoms with Crippen molar-refractivity contribution in [3.63, 3.8) is 0 Å². The number of aryl methyl sites for hydroxylation is 1. The Hall–Kier alpha value is -0.870. The molecule has 0 radical (unpaired) electrons. The van der Waals surface area contributed by atoms with E-state index in [1.807, 2.05) is 19.1 Å². The average molecular weight is 495 g/mol. The van der Waals surface area contributed by atoms with Crippen molar-refractivity contribution in [3.05, 3.63) is 35.4 Å². The second-order valence-electron chi connectivity index (χ2n) is 6.54. The number of hydrogen-bond donors (Lipinski definition) is 2. The van der Waals surface area contributed by atoms with Gasteiger partial charge in [-0.15, -0.1) is 24.0 Å². The van der Waals surface area contributed by atoms with Gasteiger partial charge in [-0.2, -0.15) is 0 Å². The molecule has 1 aromatic carbocycles. The molecule has 8 heteroatoms. The van der Waals surface area contributed by atoms with E-state index in [0.29, 0.717) is 51.6 Å². The molecule has 1 aromatic rings. The van der Waals surface area contributed by atoms with Crippen LogP contribution in [0.15, 0.2) is 29.3 Å². The van der Waals surface area contributed by atoms with Gasteiger partial charge in [0.2, 0.25) is 0 Å². The maximum absolute atomic E-state index is 12.3. The Morgan fingerprint density at radius 1 is 1.23 bits per heavy atom. The molecule has 1 fully saturated rings. The summed E-state index contributed by atoms with van der Waals surface area (Å²) in [6.45, 7) is 6.62. The molecule has 1 saturated heterocycles. The Balaban J connectivity index is 0.00000338. The first kappa shape index (κ1) is 23.2. The van der Waals surface area contributed by atoms with Crippen molar-refractivity contribution in [2.45, 2.75) is 38.0 Å². The molecule has 1 aliphatic rings. The molecule has 1 heterocycles. The van der Waals surface area contributed by atoms with E-state index in [-0.39, 0.29) is 24.0 Å². The van der Waals surface area contributed by atoms with E-state index < -0.39 is 14.6 Å². The summed E-state index contributed by atoms with van der Waals surface area (Å²) < 4.78 is 29.3. The average Bonchev–Trinajstić information content (AvgIpc) is 2.58. The van der Waals surface area contributed by atoms with Gasteiger partial charge in [0.1, 0.15) is 0 Å². The predicted octanol–water partition coefficient (Wildman–Crippen LogP) is 2.26. The Morgan fingerprint density at radius 3 is 2.46 bits per heavy atom. The van der Waals surface area contributed by atoms with Gasteiger partial charge in [0.05, 0.1) is 11.3 Å². The molecule has 2 rings (SSSR count). The molecule has 0 aliphatic carbocycles. The minimum atomic E-state index is -3.20. The number of halogens is 1. The molecule has 26 heavy (non-hydrogen) atoms. The van der Waals surface area contributed by atoms with Crippen molar-refractivity contribution >= 4 is 39.8 Å². The van der Waals surface area contributed by atoms with E-state index in [1.54, 1.807) is 0 Å². The van der Waals surface area contributed by atoms with E-state index in [9.17, 15) is 8.42 Å². The zero-order chi connectivity index (χ0) is 18.3. The molecule has 2 N–H and O–H groups in total. The lowest BCUT2D eigenvalue weighted by Gasteiger charge is -2.35. The zero-order valence-electron chi connectivity index (χ0n) is 15.7. The van der Waals surface area contributed by atoms with Crippen LogP contribution < -0.4 is 10.6 Å². The second kappa shape index (κ2) is 10.5. The molecule has 0 unspecified atom stereocenters. The van der Waals surface area contributed by atoms with Crippen LogP contribution in [0, 0.1) is 6.92 Å². The molecular formula is C18H30IN3O3S. The summed E-state index contributed by atoms with van der Waals surface area (Å²) in [5.41, 5.74) is 2.35. The van der Waals surface area contributed by atoms with Gasteiger partial charge < -0.3 is 15.4 Å². The van der Waals surface area contributed by atoms with E-state index in [2.05, 4.69) is 34.7 Å². The maximum atomic E-state index is 12.3. The van der Waals surface area contributed by atoms with Crippen molar-refractivity contribution in [2.24, 2.45) is 4.99 Å². The Bertz CT molecular complexity index is 701. The number of rotatable bonds is 6. The molecule has 0 spiro atoms. The number of ether oxygens (including phenoxy) is 1. The smallest absolute Gasteiger partial charge is 0.191 e. The van der Waals surface area contributed by atoms with Gasteiger partial charge in [0.25, 0.3) is 0 Å². The molecule has 1 aliphatic heterocycles. The third-order valence-corrected chi connectivity index (χ3v) is 6.91.